The van der Waals surface area contributed by atoms with Crippen molar-refractivity contribution < 1.29 is 37.0 Å². The standard InChI is InChI=1S/C34H25F4NO4/c35-28-19-21(15-18-27(28)34(36,37)38)20-43-31-25-14-8-7-9-22(25)16-17-26(31)32(40)39-30(33(41)42)29(23-10-3-1-4-11-23)24-12-5-2-6-13-24/h1-19,29-30H,20H2,(H,39,40)(H,41,42). The number of hydrogen-bond donors (Lipinski definition) is 2. The largest absolute Gasteiger partial charge is 0.487 e. The highest BCUT2D eigenvalue weighted by atomic mass is 19.4. The van der Waals surface area contributed by atoms with E-state index in [2.05, 4.69) is 5.32 Å². The van der Waals surface area contributed by atoms with Gasteiger partial charge in [0.25, 0.3) is 5.91 Å². The van der Waals surface area contributed by atoms with Gasteiger partial charge in [0.1, 0.15) is 24.2 Å². The van der Waals surface area contributed by atoms with E-state index in [1.54, 1.807) is 91.0 Å². The van der Waals surface area contributed by atoms with Crippen molar-refractivity contribution in [2.45, 2.75) is 24.7 Å². The van der Waals surface area contributed by atoms with Gasteiger partial charge in [0.2, 0.25) is 0 Å². The van der Waals surface area contributed by atoms with Crippen molar-refractivity contribution >= 4 is 22.6 Å². The van der Waals surface area contributed by atoms with Crippen LogP contribution in [0.3, 0.4) is 0 Å². The minimum Gasteiger partial charge on any atom is -0.487 e. The second-order valence-electron chi connectivity index (χ2n) is 9.85. The molecule has 43 heavy (non-hydrogen) atoms. The molecule has 0 fully saturated rings. The van der Waals surface area contributed by atoms with Gasteiger partial charge in [0, 0.05) is 11.3 Å². The van der Waals surface area contributed by atoms with Gasteiger partial charge < -0.3 is 15.2 Å². The van der Waals surface area contributed by atoms with Crippen molar-refractivity contribution in [1.82, 2.24) is 5.32 Å². The van der Waals surface area contributed by atoms with Gasteiger partial charge in [-0.15, -0.1) is 0 Å². The Morgan fingerprint density at radius 1 is 0.791 bits per heavy atom. The van der Waals surface area contributed by atoms with Crippen LogP contribution in [0.5, 0.6) is 5.75 Å². The first-order chi connectivity index (χ1) is 20.6. The molecule has 0 aliphatic heterocycles. The molecule has 2 N–H and O–H groups in total. The minimum absolute atomic E-state index is 0.0113. The van der Waals surface area contributed by atoms with Crippen molar-refractivity contribution in [3.05, 3.63) is 149 Å². The van der Waals surface area contributed by atoms with Crippen LogP contribution in [-0.4, -0.2) is 23.0 Å². The molecule has 0 aromatic heterocycles. The lowest BCUT2D eigenvalue weighted by Crippen LogP contribution is -2.45. The summed E-state index contributed by atoms with van der Waals surface area (Å²) in [6.07, 6.45) is -4.84. The number of hydrogen-bond acceptors (Lipinski definition) is 3. The maximum atomic E-state index is 14.2. The highest BCUT2D eigenvalue weighted by Crippen LogP contribution is 2.34. The molecule has 0 bridgehead atoms. The average Bonchev–Trinajstić information content (AvgIpc) is 2.99. The summed E-state index contributed by atoms with van der Waals surface area (Å²) in [5, 5.41) is 14.2. The number of fused-ring (bicyclic) bond motifs is 1. The Morgan fingerprint density at radius 2 is 1.40 bits per heavy atom. The fourth-order valence-electron chi connectivity index (χ4n) is 5.02. The van der Waals surface area contributed by atoms with Crippen LogP contribution < -0.4 is 10.1 Å². The van der Waals surface area contributed by atoms with Crippen LogP contribution in [0.25, 0.3) is 10.8 Å². The first kappa shape index (κ1) is 29.3. The summed E-state index contributed by atoms with van der Waals surface area (Å²) in [6.45, 7) is -0.345. The van der Waals surface area contributed by atoms with Crippen LogP contribution >= 0.6 is 0 Å². The number of alkyl halides is 3. The molecular formula is C34H25F4NO4. The average molecular weight is 588 g/mol. The fourth-order valence-corrected chi connectivity index (χ4v) is 5.02. The highest BCUT2D eigenvalue weighted by molar-refractivity contribution is 6.05. The summed E-state index contributed by atoms with van der Waals surface area (Å²) >= 11 is 0. The Bertz CT molecular complexity index is 1720. The Balaban J connectivity index is 1.50. The summed E-state index contributed by atoms with van der Waals surface area (Å²) in [6, 6.07) is 29.1. The van der Waals surface area contributed by atoms with E-state index in [9.17, 15) is 32.3 Å². The molecule has 0 heterocycles. The number of carbonyl (C=O) groups is 2. The second kappa shape index (κ2) is 12.4. The molecule has 0 aliphatic carbocycles. The number of carboxylic acid groups (broad SMARTS) is 1. The lowest BCUT2D eigenvalue weighted by Gasteiger charge is -2.26. The monoisotopic (exact) mass is 587 g/mol. The van der Waals surface area contributed by atoms with Crippen molar-refractivity contribution in [2.75, 3.05) is 0 Å². The zero-order chi connectivity index (χ0) is 30.6. The SMILES string of the molecule is O=C(NC(C(=O)O)C(c1ccccc1)c1ccccc1)c1ccc2ccccc2c1OCc1ccc(C(F)(F)F)c(F)c1. The summed E-state index contributed by atoms with van der Waals surface area (Å²) in [7, 11) is 0. The zero-order valence-corrected chi connectivity index (χ0v) is 22.5. The number of aliphatic carboxylic acids is 1. The summed E-state index contributed by atoms with van der Waals surface area (Å²) < 4.78 is 59.2. The van der Waals surface area contributed by atoms with Crippen molar-refractivity contribution in [3.8, 4) is 5.75 Å². The normalized spacial score (nSPS) is 12.2. The van der Waals surface area contributed by atoms with Gasteiger partial charge in [-0.2, -0.15) is 13.2 Å². The summed E-state index contributed by atoms with van der Waals surface area (Å²) in [4.78, 5) is 26.4. The highest BCUT2D eigenvalue weighted by Gasteiger charge is 2.35. The molecule has 5 rings (SSSR count). The van der Waals surface area contributed by atoms with Gasteiger partial charge in [-0.1, -0.05) is 97.1 Å². The third-order valence-corrected chi connectivity index (χ3v) is 7.05. The smallest absolute Gasteiger partial charge is 0.419 e. The molecule has 0 radical (unpaired) electrons. The van der Waals surface area contributed by atoms with E-state index in [1.165, 1.54) is 6.07 Å². The maximum absolute atomic E-state index is 14.2. The Morgan fingerprint density at radius 3 is 1.98 bits per heavy atom. The van der Waals surface area contributed by atoms with Gasteiger partial charge >= 0.3 is 12.1 Å². The fraction of sp³-hybridized carbons (Fsp3) is 0.118. The van der Waals surface area contributed by atoms with Gasteiger partial charge in [-0.25, -0.2) is 9.18 Å². The maximum Gasteiger partial charge on any atom is 0.419 e. The van der Waals surface area contributed by atoms with E-state index < -0.39 is 41.4 Å². The van der Waals surface area contributed by atoms with Gasteiger partial charge in [-0.3, -0.25) is 4.79 Å². The van der Waals surface area contributed by atoms with E-state index in [0.29, 0.717) is 28.0 Å². The van der Waals surface area contributed by atoms with E-state index in [-0.39, 0.29) is 23.5 Å². The molecule has 9 heteroatoms. The third kappa shape index (κ3) is 6.51. The molecule has 0 saturated heterocycles. The quantitative estimate of drug-likeness (QED) is 0.174. The van der Waals surface area contributed by atoms with E-state index >= 15 is 0 Å². The van der Waals surface area contributed by atoms with Crippen LogP contribution in [0.15, 0.2) is 115 Å². The Hall–Kier alpha value is -5.18. The third-order valence-electron chi connectivity index (χ3n) is 7.05. The molecule has 1 atom stereocenters. The predicted molar refractivity (Wildman–Crippen MR) is 153 cm³/mol. The number of ether oxygens (including phenoxy) is 1. The first-order valence-electron chi connectivity index (χ1n) is 13.3. The van der Waals surface area contributed by atoms with Crippen LogP contribution in [-0.2, 0) is 17.6 Å². The van der Waals surface area contributed by atoms with Gasteiger partial charge in [-0.05, 0) is 40.3 Å². The van der Waals surface area contributed by atoms with Crippen molar-refractivity contribution in [2.24, 2.45) is 0 Å². The second-order valence-corrected chi connectivity index (χ2v) is 9.85. The first-order valence-corrected chi connectivity index (χ1v) is 13.3. The molecule has 5 aromatic carbocycles. The van der Waals surface area contributed by atoms with Gasteiger partial charge in [0.15, 0.2) is 0 Å². The number of carboxylic acids is 1. The number of carbonyl (C=O) groups excluding carboxylic acids is 1. The number of halogens is 4. The van der Waals surface area contributed by atoms with Gasteiger partial charge in [0.05, 0.1) is 11.1 Å². The molecule has 5 aromatic rings. The van der Waals surface area contributed by atoms with Crippen LogP contribution in [0.4, 0.5) is 17.6 Å². The zero-order valence-electron chi connectivity index (χ0n) is 22.5. The summed E-state index contributed by atoms with van der Waals surface area (Å²) in [5.41, 5.74) is 0.0904. The molecule has 218 valence electrons. The number of benzene rings is 5. The molecule has 5 nitrogen and oxygen atoms in total. The molecule has 1 amide bonds. The molecular weight excluding hydrogens is 562 g/mol. The van der Waals surface area contributed by atoms with Crippen LogP contribution in [0.1, 0.15) is 38.5 Å². The van der Waals surface area contributed by atoms with E-state index in [1.807, 2.05) is 0 Å². The molecule has 0 saturated carbocycles. The topological polar surface area (TPSA) is 75.6 Å². The number of rotatable bonds is 9. The Kier molecular flexibility index (Phi) is 8.43. The lowest BCUT2D eigenvalue weighted by atomic mass is 9.84. The summed E-state index contributed by atoms with van der Waals surface area (Å²) in [5.74, 6) is -4.08. The molecule has 0 aliphatic rings. The van der Waals surface area contributed by atoms with Crippen molar-refractivity contribution in [1.29, 1.82) is 0 Å². The van der Waals surface area contributed by atoms with Crippen LogP contribution in [0.2, 0.25) is 0 Å². The van der Waals surface area contributed by atoms with E-state index in [4.69, 9.17) is 4.74 Å². The number of amides is 1. The minimum atomic E-state index is -4.84. The molecule has 1 unspecified atom stereocenters. The predicted octanol–water partition coefficient (Wildman–Crippen LogP) is 7.59. The lowest BCUT2D eigenvalue weighted by molar-refractivity contribution is -0.140. The van der Waals surface area contributed by atoms with E-state index in [0.717, 1.165) is 12.1 Å². The number of nitrogens with one attached hydrogen (secondary N) is 1. The Labute approximate surface area is 244 Å². The van der Waals surface area contributed by atoms with Crippen molar-refractivity contribution in [3.63, 3.8) is 0 Å². The molecule has 0 spiro atoms. The van der Waals surface area contributed by atoms with Crippen LogP contribution in [0, 0.1) is 5.82 Å².